The number of halogens is 2. The Morgan fingerprint density at radius 3 is 2.85 bits per heavy atom. The molecule has 112 valence electrons. The lowest BCUT2D eigenvalue weighted by Gasteiger charge is -2.35. The average molecular weight is 317 g/mol. The lowest BCUT2D eigenvalue weighted by atomic mass is 9.98. The molecule has 1 aromatic rings. The molecule has 1 aliphatic heterocycles. The fourth-order valence-corrected chi connectivity index (χ4v) is 2.82. The van der Waals surface area contributed by atoms with Gasteiger partial charge in [-0.25, -0.2) is 0 Å². The maximum atomic E-state index is 12.6. The van der Waals surface area contributed by atoms with Gasteiger partial charge in [-0.3, -0.25) is 4.79 Å². The van der Waals surface area contributed by atoms with Gasteiger partial charge in [0, 0.05) is 23.2 Å². The number of benzene rings is 1. The summed E-state index contributed by atoms with van der Waals surface area (Å²) >= 11 is 6.01. The summed E-state index contributed by atoms with van der Waals surface area (Å²) in [4.78, 5) is 14.6. The molecule has 1 aliphatic rings. The van der Waals surface area contributed by atoms with Gasteiger partial charge in [0.15, 0.2) is 0 Å². The van der Waals surface area contributed by atoms with Crippen molar-refractivity contribution in [3.8, 4) is 0 Å². The average Bonchev–Trinajstić information content (AvgIpc) is 2.42. The Morgan fingerprint density at radius 1 is 1.45 bits per heavy atom. The zero-order chi connectivity index (χ0) is 13.8. The number of aryl methyl sites for hydroxylation is 1. The monoisotopic (exact) mass is 316 g/mol. The number of likely N-dealkylation sites (tertiary alicyclic amines) is 1. The van der Waals surface area contributed by atoms with Gasteiger partial charge in [-0.15, -0.1) is 12.4 Å². The predicted octanol–water partition coefficient (Wildman–Crippen LogP) is 3.41. The number of carbonyl (C=O) groups excluding carboxylic acids is 1. The zero-order valence-electron chi connectivity index (χ0n) is 11.8. The molecule has 0 bridgehead atoms. The van der Waals surface area contributed by atoms with Crippen molar-refractivity contribution in [3.63, 3.8) is 0 Å². The minimum absolute atomic E-state index is 0. The van der Waals surface area contributed by atoms with Crippen LogP contribution in [-0.4, -0.2) is 29.9 Å². The molecule has 1 fully saturated rings. The van der Waals surface area contributed by atoms with Crippen LogP contribution in [0.5, 0.6) is 0 Å². The van der Waals surface area contributed by atoms with Gasteiger partial charge in [-0.2, -0.15) is 0 Å². The van der Waals surface area contributed by atoms with Crippen LogP contribution in [-0.2, 0) is 0 Å². The quantitative estimate of drug-likeness (QED) is 0.928. The summed E-state index contributed by atoms with van der Waals surface area (Å²) in [6.45, 7) is 3.39. The number of carbonyl (C=O) groups is 1. The Labute approximate surface area is 131 Å². The molecule has 3 nitrogen and oxygen atoms in total. The number of hydrogen-bond acceptors (Lipinski definition) is 2. The van der Waals surface area contributed by atoms with E-state index in [4.69, 9.17) is 17.3 Å². The first-order valence-electron chi connectivity index (χ1n) is 6.90. The van der Waals surface area contributed by atoms with E-state index in [0.717, 1.165) is 36.9 Å². The minimum atomic E-state index is 0. The van der Waals surface area contributed by atoms with Crippen LogP contribution in [0.4, 0.5) is 0 Å². The smallest absolute Gasteiger partial charge is 0.254 e. The minimum Gasteiger partial charge on any atom is -0.336 e. The van der Waals surface area contributed by atoms with Crippen molar-refractivity contribution in [1.82, 2.24) is 4.90 Å². The molecule has 1 aromatic carbocycles. The molecule has 2 rings (SSSR count). The fraction of sp³-hybridized carbons (Fsp3) is 0.533. The van der Waals surface area contributed by atoms with E-state index in [0.29, 0.717) is 17.6 Å². The lowest BCUT2D eigenvalue weighted by Crippen LogP contribution is -2.44. The first-order chi connectivity index (χ1) is 9.13. The van der Waals surface area contributed by atoms with Crippen LogP contribution in [0.2, 0.25) is 5.02 Å². The van der Waals surface area contributed by atoms with Gasteiger partial charge in [-0.05, 0) is 62.9 Å². The van der Waals surface area contributed by atoms with Crippen LogP contribution in [0.1, 0.15) is 41.6 Å². The molecule has 1 atom stereocenters. The second-order valence-corrected chi connectivity index (χ2v) is 5.60. The van der Waals surface area contributed by atoms with Crippen LogP contribution in [0, 0.1) is 6.92 Å². The lowest BCUT2D eigenvalue weighted by molar-refractivity contribution is 0.0605. The second kappa shape index (κ2) is 7.87. The first-order valence-corrected chi connectivity index (χ1v) is 7.28. The largest absolute Gasteiger partial charge is 0.336 e. The summed E-state index contributed by atoms with van der Waals surface area (Å²) in [5.41, 5.74) is 7.32. The van der Waals surface area contributed by atoms with Crippen LogP contribution in [0.3, 0.4) is 0 Å². The van der Waals surface area contributed by atoms with Gasteiger partial charge in [0.25, 0.3) is 5.91 Å². The number of amides is 1. The maximum absolute atomic E-state index is 12.6. The number of rotatable bonds is 3. The third kappa shape index (κ3) is 3.87. The zero-order valence-corrected chi connectivity index (χ0v) is 13.3. The van der Waals surface area contributed by atoms with Crippen LogP contribution < -0.4 is 5.73 Å². The van der Waals surface area contributed by atoms with E-state index in [1.54, 1.807) is 6.07 Å². The van der Waals surface area contributed by atoms with Crippen molar-refractivity contribution in [3.05, 3.63) is 34.3 Å². The summed E-state index contributed by atoms with van der Waals surface area (Å²) in [6, 6.07) is 5.78. The van der Waals surface area contributed by atoms with E-state index in [1.165, 1.54) is 6.42 Å². The van der Waals surface area contributed by atoms with E-state index >= 15 is 0 Å². The molecule has 2 N–H and O–H groups in total. The molecular weight excluding hydrogens is 295 g/mol. The topological polar surface area (TPSA) is 46.3 Å². The molecule has 0 aromatic heterocycles. The molecule has 1 amide bonds. The van der Waals surface area contributed by atoms with Gasteiger partial charge in [-0.1, -0.05) is 11.6 Å². The molecule has 0 aliphatic carbocycles. The third-order valence-corrected chi connectivity index (χ3v) is 4.22. The maximum Gasteiger partial charge on any atom is 0.254 e. The summed E-state index contributed by atoms with van der Waals surface area (Å²) in [5, 5.41) is 0.703. The highest BCUT2D eigenvalue weighted by atomic mass is 35.5. The van der Waals surface area contributed by atoms with Crippen LogP contribution in [0.25, 0.3) is 0 Å². The van der Waals surface area contributed by atoms with Gasteiger partial charge >= 0.3 is 0 Å². The molecule has 1 unspecified atom stereocenters. The molecule has 0 radical (unpaired) electrons. The van der Waals surface area contributed by atoms with E-state index in [9.17, 15) is 4.79 Å². The fourth-order valence-electron chi connectivity index (χ4n) is 2.70. The van der Waals surface area contributed by atoms with Crippen molar-refractivity contribution >= 4 is 29.9 Å². The van der Waals surface area contributed by atoms with Crippen LogP contribution in [0.15, 0.2) is 18.2 Å². The predicted molar refractivity (Wildman–Crippen MR) is 85.8 cm³/mol. The Balaban J connectivity index is 0.00000200. The standard InChI is InChI=1S/C15H21ClN2O.ClH/c1-11-10-12(5-6-14(11)16)15(19)18-9-3-2-4-13(18)7-8-17;/h5-6,10,13H,2-4,7-9,17H2,1H3;1H. The van der Waals surface area contributed by atoms with Gasteiger partial charge in [0.2, 0.25) is 0 Å². The highest BCUT2D eigenvalue weighted by molar-refractivity contribution is 6.31. The molecule has 0 saturated carbocycles. The number of nitrogens with zero attached hydrogens (tertiary/aromatic N) is 1. The summed E-state index contributed by atoms with van der Waals surface area (Å²) in [7, 11) is 0. The van der Waals surface area contributed by atoms with Crippen molar-refractivity contribution < 1.29 is 4.79 Å². The van der Waals surface area contributed by atoms with Gasteiger partial charge in [0.1, 0.15) is 0 Å². The highest BCUT2D eigenvalue weighted by Gasteiger charge is 2.26. The molecule has 1 saturated heterocycles. The van der Waals surface area contributed by atoms with Gasteiger partial charge in [0.05, 0.1) is 0 Å². The van der Waals surface area contributed by atoms with Crippen molar-refractivity contribution in [2.45, 2.75) is 38.6 Å². The van der Waals surface area contributed by atoms with Crippen molar-refractivity contribution in [1.29, 1.82) is 0 Å². The van der Waals surface area contributed by atoms with E-state index in [-0.39, 0.29) is 18.3 Å². The first kappa shape index (κ1) is 17.3. The summed E-state index contributed by atoms with van der Waals surface area (Å²) in [5.74, 6) is 0.109. The molecule has 1 heterocycles. The number of piperidine rings is 1. The molecule has 5 heteroatoms. The summed E-state index contributed by atoms with van der Waals surface area (Å²) in [6.07, 6.45) is 4.22. The third-order valence-electron chi connectivity index (χ3n) is 3.79. The summed E-state index contributed by atoms with van der Waals surface area (Å²) < 4.78 is 0. The SMILES string of the molecule is Cc1cc(C(=O)N2CCCCC2CCN)ccc1Cl.Cl. The molecule has 20 heavy (non-hydrogen) atoms. The Hall–Kier alpha value is -0.770. The molecule has 0 spiro atoms. The van der Waals surface area contributed by atoms with E-state index in [1.807, 2.05) is 24.0 Å². The Kier molecular flexibility index (Phi) is 6.80. The van der Waals surface area contributed by atoms with Crippen molar-refractivity contribution in [2.24, 2.45) is 5.73 Å². The van der Waals surface area contributed by atoms with E-state index < -0.39 is 0 Å². The van der Waals surface area contributed by atoms with E-state index in [2.05, 4.69) is 0 Å². The number of hydrogen-bond donors (Lipinski definition) is 1. The van der Waals surface area contributed by atoms with Gasteiger partial charge < -0.3 is 10.6 Å². The second-order valence-electron chi connectivity index (χ2n) is 5.19. The van der Waals surface area contributed by atoms with Crippen LogP contribution >= 0.6 is 24.0 Å². The highest BCUT2D eigenvalue weighted by Crippen LogP contribution is 2.23. The Morgan fingerprint density at radius 2 is 2.20 bits per heavy atom. The number of nitrogens with two attached hydrogens (primary N) is 1. The molecular formula is C15H22Cl2N2O. The Bertz CT molecular complexity index is 463. The normalized spacial score (nSPS) is 18.6. The van der Waals surface area contributed by atoms with Crippen molar-refractivity contribution in [2.75, 3.05) is 13.1 Å².